The van der Waals surface area contributed by atoms with Crippen LogP contribution in [0.5, 0.6) is 0 Å². The third-order valence-corrected chi connectivity index (χ3v) is 3.07. The van der Waals surface area contributed by atoms with Crippen molar-refractivity contribution in [3.05, 3.63) is 23.9 Å². The molecule has 1 fully saturated rings. The lowest BCUT2D eigenvalue weighted by Gasteiger charge is -2.32. The molecule has 6 nitrogen and oxygen atoms in total. The van der Waals surface area contributed by atoms with Crippen LogP contribution in [0.25, 0.3) is 0 Å². The minimum absolute atomic E-state index is 0.0463. The number of nitrogens with zero attached hydrogens (tertiary/aromatic N) is 1. The number of nitrogens with one attached hydrogen (secondary N) is 2. The molecule has 0 aromatic carbocycles. The molecule has 17 heavy (non-hydrogen) atoms. The molecule has 0 bridgehead atoms. The molecule has 1 saturated heterocycles. The van der Waals surface area contributed by atoms with Gasteiger partial charge >= 0.3 is 6.03 Å². The van der Waals surface area contributed by atoms with E-state index < -0.39 is 17.9 Å². The van der Waals surface area contributed by atoms with Crippen LogP contribution in [0.1, 0.15) is 6.42 Å². The number of ketones is 1. The highest BCUT2D eigenvalue weighted by Gasteiger charge is 2.40. The molecule has 0 radical (unpaired) electrons. The molecule has 0 spiro atoms. The average Bonchev–Trinajstić information content (AvgIpc) is 2.27. The number of carbonyl (C=O) groups excluding carboxylic acids is 3. The zero-order valence-electron chi connectivity index (χ0n) is 8.77. The van der Waals surface area contributed by atoms with Crippen molar-refractivity contribution in [3.8, 4) is 0 Å². The summed E-state index contributed by atoms with van der Waals surface area (Å²) in [6, 6.07) is -0.568. The molecule has 3 amide bonds. The Labute approximate surface area is 96.5 Å². The summed E-state index contributed by atoms with van der Waals surface area (Å²) in [5.74, 6) is -1.01. The molecular weight excluding hydrogens is 222 g/mol. The molecule has 6 heteroatoms. The maximum atomic E-state index is 11.7. The number of hydrogen-bond acceptors (Lipinski definition) is 4. The molecule has 2 aliphatic heterocycles. The molecule has 0 aromatic heterocycles. The second kappa shape index (κ2) is 3.38. The fourth-order valence-electron chi connectivity index (χ4n) is 2.23. The number of imide groups is 1. The Kier molecular flexibility index (Phi) is 1.98. The average molecular weight is 231 g/mol. The van der Waals surface area contributed by atoms with Crippen molar-refractivity contribution in [3.63, 3.8) is 0 Å². The van der Waals surface area contributed by atoms with E-state index in [0.717, 1.165) is 0 Å². The molecule has 2 N–H and O–H groups in total. The van der Waals surface area contributed by atoms with Gasteiger partial charge in [0.2, 0.25) is 5.91 Å². The van der Waals surface area contributed by atoms with Gasteiger partial charge in [-0.15, -0.1) is 0 Å². The summed E-state index contributed by atoms with van der Waals surface area (Å²) in [5.41, 5.74) is 0.610. The second-order valence-corrected chi connectivity index (χ2v) is 4.13. The minimum Gasteiger partial charge on any atom is -0.295 e. The number of amides is 3. The highest BCUT2D eigenvalue weighted by molar-refractivity contribution is 6.19. The van der Waals surface area contributed by atoms with E-state index in [-0.39, 0.29) is 11.7 Å². The lowest BCUT2D eigenvalue weighted by Crippen LogP contribution is -2.57. The fraction of sp³-hybridized carbons (Fsp3) is 0.273. The van der Waals surface area contributed by atoms with Crippen LogP contribution in [0.2, 0.25) is 0 Å². The van der Waals surface area contributed by atoms with Crippen molar-refractivity contribution in [2.45, 2.75) is 6.42 Å². The molecule has 0 aromatic rings. The summed E-state index contributed by atoms with van der Waals surface area (Å²) in [4.78, 5) is 38.6. The zero-order chi connectivity index (χ0) is 12.0. The Bertz CT molecular complexity index is 530. The molecule has 3 rings (SSSR count). The number of fused-ring (bicyclic) bond motifs is 2. The third kappa shape index (κ3) is 1.49. The van der Waals surface area contributed by atoms with Gasteiger partial charge in [0.15, 0.2) is 5.78 Å². The first-order valence-electron chi connectivity index (χ1n) is 5.27. The van der Waals surface area contributed by atoms with Crippen LogP contribution in [-0.4, -0.2) is 23.6 Å². The SMILES string of the molecule is O=C1NC(=O)C2CC3C(=O)C=CC=C3N=C2N1. The first kappa shape index (κ1) is 9.95. The Morgan fingerprint density at radius 1 is 1.18 bits per heavy atom. The van der Waals surface area contributed by atoms with Gasteiger partial charge in [0.25, 0.3) is 0 Å². The lowest BCUT2D eigenvalue weighted by atomic mass is 9.82. The second-order valence-electron chi connectivity index (χ2n) is 4.13. The number of hydrogen-bond donors (Lipinski definition) is 2. The van der Waals surface area contributed by atoms with Gasteiger partial charge in [-0.1, -0.05) is 6.08 Å². The molecule has 0 saturated carbocycles. The zero-order valence-corrected chi connectivity index (χ0v) is 8.77. The van der Waals surface area contributed by atoms with Crippen LogP contribution >= 0.6 is 0 Å². The Hall–Kier alpha value is -2.24. The van der Waals surface area contributed by atoms with Gasteiger partial charge < -0.3 is 0 Å². The van der Waals surface area contributed by atoms with E-state index in [1.54, 1.807) is 12.2 Å². The molecule has 2 unspecified atom stereocenters. The topological polar surface area (TPSA) is 87.6 Å². The summed E-state index contributed by atoms with van der Waals surface area (Å²) in [5, 5.41) is 4.67. The molecule has 2 heterocycles. The van der Waals surface area contributed by atoms with E-state index in [0.29, 0.717) is 18.0 Å². The predicted octanol–water partition coefficient (Wildman–Crippen LogP) is -0.117. The van der Waals surface area contributed by atoms with Crippen molar-refractivity contribution in [2.75, 3.05) is 0 Å². The first-order chi connectivity index (χ1) is 8.15. The maximum absolute atomic E-state index is 11.7. The molecule has 1 aliphatic carbocycles. The summed E-state index contributed by atoms with van der Waals surface area (Å²) in [6.45, 7) is 0. The van der Waals surface area contributed by atoms with Crippen molar-refractivity contribution in [2.24, 2.45) is 16.8 Å². The highest BCUT2D eigenvalue weighted by Crippen LogP contribution is 2.31. The predicted molar refractivity (Wildman–Crippen MR) is 57.9 cm³/mol. The first-order valence-corrected chi connectivity index (χ1v) is 5.27. The van der Waals surface area contributed by atoms with E-state index in [4.69, 9.17) is 0 Å². The maximum Gasteiger partial charge on any atom is 0.326 e. The standard InChI is InChI=1S/C11H9N3O3/c15-8-3-1-2-7-5(8)4-6-9(12-7)13-11(17)14-10(6)16/h1-3,5-6H,4H2,(H2,12,13,14,16,17). The number of urea groups is 1. The van der Waals surface area contributed by atoms with E-state index in [1.165, 1.54) is 6.08 Å². The number of amidine groups is 1. The van der Waals surface area contributed by atoms with Crippen LogP contribution in [0.15, 0.2) is 28.9 Å². The third-order valence-electron chi connectivity index (χ3n) is 3.07. The smallest absolute Gasteiger partial charge is 0.295 e. The Morgan fingerprint density at radius 2 is 2.00 bits per heavy atom. The summed E-state index contributed by atoms with van der Waals surface area (Å²) < 4.78 is 0. The highest BCUT2D eigenvalue weighted by atomic mass is 16.2. The van der Waals surface area contributed by atoms with Gasteiger partial charge in [0.1, 0.15) is 5.84 Å². The largest absolute Gasteiger partial charge is 0.326 e. The van der Waals surface area contributed by atoms with Crippen LogP contribution in [0, 0.1) is 11.8 Å². The Balaban J connectivity index is 2.02. The van der Waals surface area contributed by atoms with Crippen LogP contribution in [-0.2, 0) is 9.59 Å². The molecule has 2 atom stereocenters. The van der Waals surface area contributed by atoms with E-state index in [1.807, 2.05) is 0 Å². The van der Waals surface area contributed by atoms with Gasteiger partial charge in [0.05, 0.1) is 17.5 Å². The molecule has 86 valence electrons. The van der Waals surface area contributed by atoms with E-state index in [2.05, 4.69) is 15.6 Å². The van der Waals surface area contributed by atoms with Gasteiger partial charge in [0, 0.05) is 0 Å². The molecular formula is C11H9N3O3. The lowest BCUT2D eigenvalue weighted by molar-refractivity contribution is -0.123. The normalized spacial score (nSPS) is 30.7. The molecule has 3 aliphatic rings. The van der Waals surface area contributed by atoms with Gasteiger partial charge in [-0.05, 0) is 18.6 Å². The van der Waals surface area contributed by atoms with Crippen LogP contribution in [0.4, 0.5) is 4.79 Å². The van der Waals surface area contributed by atoms with E-state index >= 15 is 0 Å². The quantitative estimate of drug-likeness (QED) is 0.609. The minimum atomic E-state index is -0.568. The summed E-state index contributed by atoms with van der Waals surface area (Å²) in [6.07, 6.45) is 5.20. The number of rotatable bonds is 0. The number of allylic oxidation sites excluding steroid dienone is 4. The van der Waals surface area contributed by atoms with Crippen LogP contribution in [0.3, 0.4) is 0 Å². The fourth-order valence-corrected chi connectivity index (χ4v) is 2.23. The summed E-state index contributed by atoms with van der Waals surface area (Å²) in [7, 11) is 0. The van der Waals surface area contributed by atoms with Crippen LogP contribution < -0.4 is 10.6 Å². The number of aliphatic imine (C=N–C) groups is 1. The van der Waals surface area contributed by atoms with Crippen molar-refractivity contribution in [1.29, 1.82) is 0 Å². The van der Waals surface area contributed by atoms with E-state index in [9.17, 15) is 14.4 Å². The van der Waals surface area contributed by atoms with Crippen molar-refractivity contribution >= 4 is 23.6 Å². The van der Waals surface area contributed by atoms with Crippen molar-refractivity contribution < 1.29 is 14.4 Å². The monoisotopic (exact) mass is 231 g/mol. The summed E-state index contributed by atoms with van der Waals surface area (Å²) >= 11 is 0. The number of carbonyl (C=O) groups is 3. The van der Waals surface area contributed by atoms with Gasteiger partial charge in [-0.3, -0.25) is 20.2 Å². The van der Waals surface area contributed by atoms with Gasteiger partial charge in [-0.25, -0.2) is 9.79 Å². The van der Waals surface area contributed by atoms with Gasteiger partial charge in [-0.2, -0.15) is 0 Å². The Morgan fingerprint density at radius 3 is 2.82 bits per heavy atom. The van der Waals surface area contributed by atoms with Crippen molar-refractivity contribution in [1.82, 2.24) is 10.6 Å².